The van der Waals surface area contributed by atoms with Crippen LogP contribution in [-0.4, -0.2) is 54.7 Å². The van der Waals surface area contributed by atoms with Crippen molar-refractivity contribution < 1.29 is 72.3 Å². The van der Waals surface area contributed by atoms with Crippen LogP contribution in [0.4, 0.5) is 14.4 Å². The van der Waals surface area contributed by atoms with E-state index in [2.05, 4.69) is 0 Å². The van der Waals surface area contributed by atoms with Gasteiger partial charge in [0.25, 0.3) is 0 Å². The summed E-state index contributed by atoms with van der Waals surface area (Å²) in [5.41, 5.74) is 6.02. The van der Waals surface area contributed by atoms with E-state index in [4.69, 9.17) is 43.5 Å². The van der Waals surface area contributed by atoms with Crippen LogP contribution in [0.25, 0.3) is 0 Å². The fourth-order valence-electron chi connectivity index (χ4n) is 10.0. The number of carbonyl (C=O) groups is 6. The highest BCUT2D eigenvalue weighted by Crippen LogP contribution is 2.48. The molecule has 0 aromatic heterocycles. The van der Waals surface area contributed by atoms with Crippen molar-refractivity contribution in [2.24, 2.45) is 23.7 Å². The summed E-state index contributed by atoms with van der Waals surface area (Å²) in [4.78, 5) is 104. The summed E-state index contributed by atoms with van der Waals surface area (Å²) in [6.45, 7) is 11.1. The van der Waals surface area contributed by atoms with Crippen LogP contribution in [0.5, 0.6) is 0 Å². The Morgan fingerprint density at radius 2 is 0.562 bits per heavy atom. The monoisotopic (exact) mass is 886 g/mol. The first-order chi connectivity index (χ1) is 30.6. The van der Waals surface area contributed by atoms with E-state index >= 15 is 0 Å². The number of aryl methyl sites for hydroxylation is 6. The Balaban J connectivity index is 1.00. The van der Waals surface area contributed by atoms with Gasteiger partial charge in [-0.1, -0.05) is 51.6 Å². The van der Waals surface area contributed by atoms with Crippen LogP contribution >= 0.6 is 0 Å². The molecule has 344 valence electrons. The third kappa shape index (κ3) is 13.7. The van der Waals surface area contributed by atoms with Gasteiger partial charge in [0.05, 0.1) is 16.7 Å². The van der Waals surface area contributed by atoms with Gasteiger partial charge in [0.15, 0.2) is 0 Å². The number of carbonyl (C=O) groups excluding carboxylic acids is 6. The molecule has 15 heteroatoms. The molecule has 3 aliphatic carbocycles. The van der Waals surface area contributed by atoms with Crippen LogP contribution in [0.15, 0.2) is 54.6 Å². The lowest BCUT2D eigenvalue weighted by molar-refractivity contribution is -0.209. The zero-order chi connectivity index (χ0) is 45.9. The van der Waals surface area contributed by atoms with Gasteiger partial charge in [0.2, 0.25) is 0 Å². The third-order valence-electron chi connectivity index (χ3n) is 12.5. The van der Waals surface area contributed by atoms with Crippen LogP contribution in [0.3, 0.4) is 0 Å². The summed E-state index contributed by atoms with van der Waals surface area (Å²) < 4.78 is 16.7. The molecular weight excluding hydrogens is 829 g/mol. The third-order valence-corrected chi connectivity index (χ3v) is 12.5. The van der Waals surface area contributed by atoms with Crippen molar-refractivity contribution in [1.82, 2.24) is 0 Å². The van der Waals surface area contributed by atoms with Crippen LogP contribution in [0, 0.1) is 65.2 Å². The van der Waals surface area contributed by atoms with Crippen molar-refractivity contribution in [3.8, 4) is 0 Å². The highest BCUT2D eigenvalue weighted by atomic mass is 17.2. The summed E-state index contributed by atoms with van der Waals surface area (Å²) in [6.07, 6.45) is 3.81. The SMILES string of the molecule is Cc1cc(C)cc(C(=O)OOC(=O)OC2CCC(C(C3CCC(OC(=O)OOC(=O)c4cc(C)cc(C)c4)CC3)C3CCC(OC(=O)OOC(=O)c4cc(C)cc(C)c4)CC3)CC2)c1. The summed E-state index contributed by atoms with van der Waals surface area (Å²) in [5, 5.41) is 0. The molecule has 0 heterocycles. The van der Waals surface area contributed by atoms with E-state index in [0.29, 0.717) is 56.3 Å². The minimum absolute atomic E-state index is 0.266. The molecule has 3 aromatic rings. The Labute approximate surface area is 373 Å². The van der Waals surface area contributed by atoms with Gasteiger partial charge in [0, 0.05) is 0 Å². The fraction of sp³-hybridized carbons (Fsp3) is 0.510. The maximum absolute atomic E-state index is 12.6. The molecule has 0 N–H and O–H groups in total. The Kier molecular flexibility index (Phi) is 16.3. The number of benzene rings is 3. The Bertz CT molecular complexity index is 1850. The van der Waals surface area contributed by atoms with Gasteiger partial charge in [-0.2, -0.15) is 14.4 Å². The number of hydrogen-bond donors (Lipinski definition) is 0. The van der Waals surface area contributed by atoms with Crippen LogP contribution in [0.1, 0.15) is 142 Å². The van der Waals surface area contributed by atoms with Gasteiger partial charge in [-0.15, -0.1) is 0 Å². The first-order valence-corrected chi connectivity index (χ1v) is 22.1. The fourth-order valence-corrected chi connectivity index (χ4v) is 10.0. The average molecular weight is 887 g/mol. The summed E-state index contributed by atoms with van der Waals surface area (Å²) in [6, 6.07) is 15.6. The molecule has 3 aliphatic rings. The van der Waals surface area contributed by atoms with Crippen LogP contribution in [-0.2, 0) is 43.5 Å². The average Bonchev–Trinajstić information content (AvgIpc) is 3.24. The molecule has 0 radical (unpaired) electrons. The zero-order valence-corrected chi connectivity index (χ0v) is 37.3. The maximum atomic E-state index is 12.6. The predicted molar refractivity (Wildman–Crippen MR) is 227 cm³/mol. The van der Waals surface area contributed by atoms with Crippen LogP contribution < -0.4 is 0 Å². The second-order valence-electron chi connectivity index (χ2n) is 17.8. The lowest BCUT2D eigenvalue weighted by Gasteiger charge is -2.45. The van der Waals surface area contributed by atoms with Crippen molar-refractivity contribution in [1.29, 1.82) is 0 Å². The largest absolute Gasteiger partial charge is 0.550 e. The highest BCUT2D eigenvalue weighted by molar-refractivity contribution is 5.91. The van der Waals surface area contributed by atoms with Crippen molar-refractivity contribution in [2.75, 3.05) is 0 Å². The second kappa shape index (κ2) is 22.0. The van der Waals surface area contributed by atoms with E-state index in [0.717, 1.165) is 71.9 Å². The quantitative estimate of drug-likeness (QED) is 0.0854. The molecular formula is C49H58O15. The second-order valence-corrected chi connectivity index (χ2v) is 17.8. The van der Waals surface area contributed by atoms with E-state index in [1.807, 2.05) is 59.7 Å². The topological polar surface area (TPSA) is 185 Å². The summed E-state index contributed by atoms with van der Waals surface area (Å²) in [7, 11) is 0. The molecule has 64 heavy (non-hydrogen) atoms. The lowest BCUT2D eigenvalue weighted by Crippen LogP contribution is -2.39. The zero-order valence-electron chi connectivity index (χ0n) is 37.3. The minimum Gasteiger partial charge on any atom is -0.428 e. The molecule has 6 rings (SSSR count). The molecule has 15 nitrogen and oxygen atoms in total. The van der Waals surface area contributed by atoms with Crippen molar-refractivity contribution in [2.45, 2.75) is 137 Å². The van der Waals surface area contributed by atoms with Gasteiger partial charge < -0.3 is 14.2 Å². The molecule has 0 saturated heterocycles. The van der Waals surface area contributed by atoms with Crippen molar-refractivity contribution in [3.05, 3.63) is 105 Å². The van der Waals surface area contributed by atoms with Gasteiger partial charge >= 0.3 is 36.4 Å². The standard InChI is InChI=1S/C49H58O15/c1-28-19-29(2)23-37(22-28)44(50)59-62-47(53)56-40-13-7-34(8-14-40)43(35-9-15-41(16-10-35)57-48(54)63-60-45(51)38-24-30(3)20-31(4)25-38)36-11-17-42(18-12-36)58-49(55)64-61-46(52)39-26-32(5)21-33(6)27-39/h19-27,34-36,40-43H,7-18H2,1-6H3. The van der Waals surface area contributed by atoms with Gasteiger partial charge in [-0.3, -0.25) is 0 Å². The molecule has 0 atom stereocenters. The van der Waals surface area contributed by atoms with E-state index in [1.54, 1.807) is 36.4 Å². The Morgan fingerprint density at radius 3 is 0.781 bits per heavy atom. The molecule has 0 bridgehead atoms. The molecule has 3 fully saturated rings. The summed E-state index contributed by atoms with van der Waals surface area (Å²) >= 11 is 0. The van der Waals surface area contributed by atoms with E-state index < -0.39 is 54.7 Å². The Morgan fingerprint density at radius 1 is 0.344 bits per heavy atom. The number of hydrogen-bond acceptors (Lipinski definition) is 15. The molecule has 0 amide bonds. The summed E-state index contributed by atoms with van der Waals surface area (Å²) in [5.74, 6) is -1.20. The van der Waals surface area contributed by atoms with E-state index in [9.17, 15) is 28.8 Å². The molecule has 0 spiro atoms. The Hall–Kier alpha value is -6.12. The van der Waals surface area contributed by atoms with E-state index in [-0.39, 0.29) is 22.6 Å². The van der Waals surface area contributed by atoms with Crippen molar-refractivity contribution in [3.63, 3.8) is 0 Å². The molecule has 0 aliphatic heterocycles. The highest BCUT2D eigenvalue weighted by Gasteiger charge is 2.42. The minimum atomic E-state index is -1.08. The van der Waals surface area contributed by atoms with Crippen LogP contribution in [0.2, 0.25) is 0 Å². The van der Waals surface area contributed by atoms with Crippen molar-refractivity contribution >= 4 is 36.4 Å². The molecule has 3 saturated carbocycles. The predicted octanol–water partition coefficient (Wildman–Crippen LogP) is 10.9. The maximum Gasteiger partial charge on any atom is 0.550 e. The number of rotatable bonds is 9. The lowest BCUT2D eigenvalue weighted by atomic mass is 9.61. The van der Waals surface area contributed by atoms with Gasteiger partial charge in [-0.25, -0.2) is 43.7 Å². The normalized spacial score (nSPS) is 22.4. The first-order valence-electron chi connectivity index (χ1n) is 22.1. The molecule has 3 aromatic carbocycles. The van der Waals surface area contributed by atoms with E-state index in [1.165, 1.54) is 0 Å². The first kappa shape index (κ1) is 47.4. The van der Waals surface area contributed by atoms with Gasteiger partial charge in [-0.05, 0) is 179 Å². The smallest absolute Gasteiger partial charge is 0.428 e. The van der Waals surface area contributed by atoms with Gasteiger partial charge in [0.1, 0.15) is 18.3 Å². The number of ether oxygens (including phenoxy) is 3. The molecule has 0 unspecified atom stereocenters.